The first kappa shape index (κ1) is 14.5. The van der Waals surface area contributed by atoms with Gasteiger partial charge in [-0.3, -0.25) is 0 Å². The number of hydrogen-bond donors (Lipinski definition) is 2. The van der Waals surface area contributed by atoms with Crippen LogP contribution in [0.2, 0.25) is 0 Å². The van der Waals surface area contributed by atoms with Crippen LogP contribution in [-0.4, -0.2) is 31.3 Å². The van der Waals surface area contributed by atoms with E-state index in [2.05, 4.69) is 18.3 Å². The highest BCUT2D eigenvalue weighted by atomic mass is 16.3. The van der Waals surface area contributed by atoms with Crippen molar-refractivity contribution in [2.45, 2.75) is 26.4 Å². The molecule has 0 bridgehead atoms. The summed E-state index contributed by atoms with van der Waals surface area (Å²) in [4.78, 5) is 1.93. The van der Waals surface area contributed by atoms with Gasteiger partial charge >= 0.3 is 0 Å². The molecule has 1 rings (SSSR count). The minimum absolute atomic E-state index is 0.00304. The lowest BCUT2D eigenvalue weighted by Gasteiger charge is -2.26. The number of nitrogens with one attached hydrogen (secondary N) is 1. The van der Waals surface area contributed by atoms with Gasteiger partial charge in [0.2, 0.25) is 0 Å². The summed E-state index contributed by atoms with van der Waals surface area (Å²) in [6.45, 7) is 5.72. The number of nitriles is 1. The van der Waals surface area contributed by atoms with Crippen molar-refractivity contribution in [2.75, 3.05) is 25.1 Å². The van der Waals surface area contributed by atoms with E-state index in [0.29, 0.717) is 5.56 Å². The second-order valence-corrected chi connectivity index (χ2v) is 4.39. The van der Waals surface area contributed by atoms with Crippen LogP contribution in [0.15, 0.2) is 18.2 Å². The molecule has 1 unspecified atom stereocenters. The van der Waals surface area contributed by atoms with Crippen LogP contribution in [0.4, 0.5) is 5.69 Å². The summed E-state index contributed by atoms with van der Waals surface area (Å²) in [5.74, 6) is 0. The normalized spacial score (nSPS) is 11.9. The molecule has 0 amide bonds. The average Bonchev–Trinajstić information content (AvgIpc) is 2.42. The molecule has 0 radical (unpaired) electrons. The summed E-state index contributed by atoms with van der Waals surface area (Å²) in [5, 5.41) is 21.6. The maximum atomic E-state index is 9.21. The highest BCUT2D eigenvalue weighted by Crippen LogP contribution is 2.22. The molecule has 0 spiro atoms. The number of aliphatic hydroxyl groups is 1. The summed E-state index contributed by atoms with van der Waals surface area (Å²) >= 11 is 0. The van der Waals surface area contributed by atoms with Crippen molar-refractivity contribution >= 4 is 5.69 Å². The van der Waals surface area contributed by atoms with E-state index in [0.717, 1.165) is 24.3 Å². The summed E-state index contributed by atoms with van der Waals surface area (Å²) in [6.07, 6.45) is 0. The Morgan fingerprint density at radius 1 is 1.50 bits per heavy atom. The lowest BCUT2D eigenvalue weighted by atomic mass is 10.1. The molecule has 0 aromatic heterocycles. The highest BCUT2D eigenvalue weighted by molar-refractivity contribution is 5.60. The summed E-state index contributed by atoms with van der Waals surface area (Å²) < 4.78 is 0. The van der Waals surface area contributed by atoms with Crippen LogP contribution in [0.3, 0.4) is 0 Å². The first-order chi connectivity index (χ1) is 8.63. The van der Waals surface area contributed by atoms with Crippen molar-refractivity contribution < 1.29 is 5.11 Å². The Labute approximate surface area is 109 Å². The molecule has 0 fully saturated rings. The Balaban J connectivity index is 2.97. The predicted molar refractivity (Wildman–Crippen MR) is 73.5 cm³/mol. The number of hydrogen-bond acceptors (Lipinski definition) is 4. The Kier molecular flexibility index (Phi) is 5.63. The van der Waals surface area contributed by atoms with Gasteiger partial charge in [0.15, 0.2) is 0 Å². The van der Waals surface area contributed by atoms with Gasteiger partial charge in [0.1, 0.15) is 6.07 Å². The third-order valence-corrected chi connectivity index (χ3v) is 3.07. The van der Waals surface area contributed by atoms with Crippen molar-refractivity contribution in [1.82, 2.24) is 5.32 Å². The number of likely N-dealkylation sites (N-methyl/N-ethyl adjacent to an activating group) is 1. The largest absolute Gasteiger partial charge is 0.394 e. The molecule has 0 aliphatic heterocycles. The molecular formula is C14H21N3O. The molecule has 98 valence electrons. The Morgan fingerprint density at radius 3 is 2.78 bits per heavy atom. The van der Waals surface area contributed by atoms with E-state index in [1.807, 2.05) is 37.1 Å². The molecule has 2 N–H and O–H groups in total. The van der Waals surface area contributed by atoms with Gasteiger partial charge in [-0.2, -0.15) is 5.26 Å². The van der Waals surface area contributed by atoms with Crippen molar-refractivity contribution in [3.05, 3.63) is 29.3 Å². The van der Waals surface area contributed by atoms with E-state index in [1.165, 1.54) is 0 Å². The topological polar surface area (TPSA) is 59.3 Å². The average molecular weight is 247 g/mol. The second kappa shape index (κ2) is 7.00. The van der Waals surface area contributed by atoms with E-state index < -0.39 is 0 Å². The van der Waals surface area contributed by atoms with E-state index >= 15 is 0 Å². The summed E-state index contributed by atoms with van der Waals surface area (Å²) in [6, 6.07) is 8.07. The molecule has 1 aromatic rings. The number of benzene rings is 1. The Morgan fingerprint density at radius 2 is 2.22 bits per heavy atom. The maximum Gasteiger partial charge on any atom is 0.101 e. The minimum Gasteiger partial charge on any atom is -0.394 e. The molecule has 0 saturated carbocycles. The second-order valence-electron chi connectivity index (χ2n) is 4.39. The Bertz CT molecular complexity index is 426. The molecule has 0 aliphatic carbocycles. The lowest BCUT2D eigenvalue weighted by molar-refractivity contribution is 0.270. The number of aliphatic hydroxyl groups excluding tert-OH is 1. The quantitative estimate of drug-likeness (QED) is 0.799. The van der Waals surface area contributed by atoms with Crippen molar-refractivity contribution in [2.24, 2.45) is 0 Å². The summed E-state index contributed by atoms with van der Waals surface area (Å²) in [7, 11) is 1.89. The van der Waals surface area contributed by atoms with Crippen molar-refractivity contribution in [3.8, 4) is 6.07 Å². The Hall–Kier alpha value is -1.57. The van der Waals surface area contributed by atoms with Gasteiger partial charge in [-0.05, 0) is 31.2 Å². The van der Waals surface area contributed by atoms with E-state index in [-0.39, 0.29) is 12.6 Å². The minimum atomic E-state index is -0.00304. The van der Waals surface area contributed by atoms with Crippen LogP contribution in [-0.2, 0) is 6.54 Å². The summed E-state index contributed by atoms with van der Waals surface area (Å²) in [5.41, 5.74) is 2.61. The number of rotatable bonds is 6. The fourth-order valence-corrected chi connectivity index (χ4v) is 1.72. The van der Waals surface area contributed by atoms with E-state index in [9.17, 15) is 5.26 Å². The van der Waals surface area contributed by atoms with E-state index in [4.69, 9.17) is 5.11 Å². The third-order valence-electron chi connectivity index (χ3n) is 3.07. The van der Waals surface area contributed by atoms with Gasteiger partial charge in [-0.15, -0.1) is 0 Å². The zero-order valence-corrected chi connectivity index (χ0v) is 11.3. The van der Waals surface area contributed by atoms with Gasteiger partial charge < -0.3 is 15.3 Å². The first-order valence-electron chi connectivity index (χ1n) is 6.21. The van der Waals surface area contributed by atoms with Gasteiger partial charge in [0.25, 0.3) is 0 Å². The molecule has 1 aromatic carbocycles. The fraction of sp³-hybridized carbons (Fsp3) is 0.500. The van der Waals surface area contributed by atoms with Gasteiger partial charge in [-0.1, -0.05) is 13.0 Å². The molecule has 0 saturated heterocycles. The highest BCUT2D eigenvalue weighted by Gasteiger charge is 2.13. The van der Waals surface area contributed by atoms with Crippen LogP contribution in [0, 0.1) is 11.3 Å². The van der Waals surface area contributed by atoms with Crippen LogP contribution >= 0.6 is 0 Å². The lowest BCUT2D eigenvalue weighted by Crippen LogP contribution is -2.32. The third kappa shape index (κ3) is 3.46. The smallest absolute Gasteiger partial charge is 0.101 e. The van der Waals surface area contributed by atoms with Gasteiger partial charge in [-0.25, -0.2) is 0 Å². The van der Waals surface area contributed by atoms with E-state index in [1.54, 1.807) is 0 Å². The number of nitrogens with zero attached hydrogens (tertiary/aromatic N) is 2. The first-order valence-corrected chi connectivity index (χ1v) is 6.21. The van der Waals surface area contributed by atoms with Crippen LogP contribution in [0.25, 0.3) is 0 Å². The molecule has 0 aliphatic rings. The van der Waals surface area contributed by atoms with Crippen LogP contribution in [0.5, 0.6) is 0 Å². The standard InChI is InChI=1S/C14H21N3O/c1-4-16-9-12-5-6-14(13(7-12)8-15)17(3)11(2)10-18/h5-7,11,16,18H,4,9-10H2,1-3H3. The molecular weight excluding hydrogens is 226 g/mol. The monoisotopic (exact) mass is 247 g/mol. The molecule has 18 heavy (non-hydrogen) atoms. The molecule has 4 heteroatoms. The molecule has 0 heterocycles. The zero-order chi connectivity index (χ0) is 13.5. The van der Waals surface area contributed by atoms with Gasteiger partial charge in [0, 0.05) is 19.6 Å². The van der Waals surface area contributed by atoms with Crippen molar-refractivity contribution in [1.29, 1.82) is 5.26 Å². The number of anilines is 1. The fourth-order valence-electron chi connectivity index (χ4n) is 1.72. The van der Waals surface area contributed by atoms with Crippen LogP contribution in [0.1, 0.15) is 25.0 Å². The molecule has 4 nitrogen and oxygen atoms in total. The predicted octanol–water partition coefficient (Wildman–Crippen LogP) is 1.48. The van der Waals surface area contributed by atoms with Crippen molar-refractivity contribution in [3.63, 3.8) is 0 Å². The van der Waals surface area contributed by atoms with Gasteiger partial charge in [0.05, 0.1) is 17.9 Å². The SMILES string of the molecule is CCNCc1ccc(N(C)C(C)CO)c(C#N)c1. The maximum absolute atomic E-state index is 9.21. The molecule has 1 atom stereocenters. The van der Waals surface area contributed by atoms with Crippen LogP contribution < -0.4 is 10.2 Å². The zero-order valence-electron chi connectivity index (χ0n) is 11.3.